The molecule has 10 nitrogen and oxygen atoms in total. The summed E-state index contributed by atoms with van der Waals surface area (Å²) < 4.78 is 65.7. The minimum Gasteiger partial charge on any atom is -0.759 e. The van der Waals surface area contributed by atoms with Gasteiger partial charge in [0.1, 0.15) is 0 Å². The molecule has 0 spiro atoms. The molecule has 0 aromatic heterocycles. The first-order valence-corrected chi connectivity index (χ1v) is 4.10. The first-order chi connectivity index (χ1) is 4.00. The topological polar surface area (TPSA) is 225 Å². The van der Waals surface area contributed by atoms with Crippen molar-refractivity contribution in [2.24, 2.45) is 0 Å². The molecule has 0 radical (unpaired) electrons. The molecule has 0 atom stereocenters. The predicted octanol–water partition coefficient (Wildman–Crippen LogP) is -2.05. The van der Waals surface area contributed by atoms with Gasteiger partial charge in [-0.3, -0.25) is 17.5 Å². The maximum Gasteiger partial charge on any atom is 2.00 e. The second-order valence-corrected chi connectivity index (χ2v) is 2.57. The molecule has 13 heteroatoms. The zero-order valence-electron chi connectivity index (χ0n) is 6.28. The first-order valence-electron chi connectivity index (χ1n) is 1.37. The third-order valence-electron chi connectivity index (χ3n) is 0. The molecule has 0 heterocycles. The van der Waals surface area contributed by atoms with Gasteiger partial charge in [0.05, 0.1) is 0 Å². The van der Waals surface area contributed by atoms with Gasteiger partial charge in [0, 0.05) is 10.4 Å². The maximum atomic E-state index is 8.74. The summed E-state index contributed by atoms with van der Waals surface area (Å²) >= 11 is 0. The van der Waals surface area contributed by atoms with Gasteiger partial charge in [-0.2, -0.15) is 8.42 Å². The Balaban J connectivity index is -0.0000000267. The van der Waals surface area contributed by atoms with Gasteiger partial charge in [0.2, 0.25) is 0 Å². The zero-order valence-corrected chi connectivity index (χ0v) is 10.1. The number of rotatable bonds is 0. The second-order valence-electron chi connectivity index (χ2n) is 0.856. The molecule has 0 amide bonds. The average Bonchev–Trinajstić information content (AvgIpc) is 1.12. The van der Waals surface area contributed by atoms with Gasteiger partial charge in [-0.1, -0.05) is 0 Å². The van der Waals surface area contributed by atoms with Crippen LogP contribution in [0.3, 0.4) is 0 Å². The van der Waals surface area contributed by atoms with E-state index in [9.17, 15) is 0 Å². The molecular formula is H8CaN2O8S2. The third kappa shape index (κ3) is 1820. The van der Waals surface area contributed by atoms with Gasteiger partial charge in [0.15, 0.2) is 0 Å². The van der Waals surface area contributed by atoms with Gasteiger partial charge in [-0.25, -0.2) is 0 Å². The molecule has 0 aliphatic carbocycles. The van der Waals surface area contributed by atoms with Crippen LogP contribution in [0.2, 0.25) is 0 Å². The standard InChI is InChI=1S/Ca.2H3N.2H2O4S/c;;;2*1-5(2,3)4/h;2*1H3;2*(H2,1,2,3,4)/q+2;;;;/p-2. The SMILES string of the molecule is N.N.O=S(=O)(O)O.O=S(=O)([O-])[O-].[Ca+2]. The van der Waals surface area contributed by atoms with Crippen molar-refractivity contribution in [3.05, 3.63) is 0 Å². The van der Waals surface area contributed by atoms with Crippen molar-refractivity contribution in [2.45, 2.75) is 0 Å². The third-order valence-corrected chi connectivity index (χ3v) is 0. The van der Waals surface area contributed by atoms with Crippen molar-refractivity contribution >= 4 is 58.5 Å². The maximum absolute atomic E-state index is 8.74. The largest absolute Gasteiger partial charge is 2.00 e. The molecule has 0 bridgehead atoms. The Kier molecular flexibility index (Phi) is 24.7. The summed E-state index contributed by atoms with van der Waals surface area (Å²) in [6.45, 7) is 0. The molecule has 0 fully saturated rings. The Morgan fingerprint density at radius 3 is 0.846 bits per heavy atom. The van der Waals surface area contributed by atoms with Gasteiger partial charge in [-0.05, 0) is 0 Å². The molecule has 80 valence electrons. The van der Waals surface area contributed by atoms with Gasteiger partial charge >= 0.3 is 48.1 Å². The van der Waals surface area contributed by atoms with E-state index in [1.54, 1.807) is 0 Å². The summed E-state index contributed by atoms with van der Waals surface area (Å²) in [5, 5.41) is 0. The summed E-state index contributed by atoms with van der Waals surface area (Å²) in [7, 11) is -9.83. The van der Waals surface area contributed by atoms with Crippen LogP contribution in [0.5, 0.6) is 0 Å². The Hall–Kier alpha value is 0.920. The monoisotopic (exact) mass is 268 g/mol. The fourth-order valence-electron chi connectivity index (χ4n) is 0. The van der Waals surface area contributed by atoms with Crippen molar-refractivity contribution in [1.29, 1.82) is 0 Å². The van der Waals surface area contributed by atoms with E-state index in [0.29, 0.717) is 0 Å². The van der Waals surface area contributed by atoms with Crippen LogP contribution in [0.15, 0.2) is 0 Å². The minimum absolute atomic E-state index is 0. The molecule has 0 aromatic carbocycles. The van der Waals surface area contributed by atoms with Crippen LogP contribution in [0.4, 0.5) is 0 Å². The van der Waals surface area contributed by atoms with Crippen LogP contribution >= 0.6 is 0 Å². The van der Waals surface area contributed by atoms with Gasteiger partial charge < -0.3 is 21.4 Å². The van der Waals surface area contributed by atoms with Crippen LogP contribution in [0, 0.1) is 0 Å². The summed E-state index contributed by atoms with van der Waals surface area (Å²) in [4.78, 5) is 0. The van der Waals surface area contributed by atoms with Crippen molar-refractivity contribution in [3.8, 4) is 0 Å². The Morgan fingerprint density at radius 2 is 0.846 bits per heavy atom. The molecule has 0 aliphatic rings. The Bertz CT molecular complexity index is 217. The fourth-order valence-corrected chi connectivity index (χ4v) is 0. The van der Waals surface area contributed by atoms with Crippen molar-refractivity contribution in [2.75, 3.05) is 0 Å². The molecule has 0 saturated carbocycles. The normalized spacial score (nSPS) is 8.92. The zero-order chi connectivity index (χ0) is 9.00. The number of hydrogen-bond acceptors (Lipinski definition) is 8. The van der Waals surface area contributed by atoms with Crippen LogP contribution in [-0.2, 0) is 20.8 Å². The Morgan fingerprint density at radius 1 is 0.846 bits per heavy atom. The molecule has 0 unspecified atom stereocenters. The number of hydrogen-bond donors (Lipinski definition) is 4. The van der Waals surface area contributed by atoms with Crippen LogP contribution < -0.4 is 12.3 Å². The van der Waals surface area contributed by atoms with E-state index in [1.165, 1.54) is 0 Å². The predicted molar refractivity (Wildman–Crippen MR) is 40.5 cm³/mol. The molecule has 0 aromatic rings. The van der Waals surface area contributed by atoms with Crippen molar-refractivity contribution in [3.63, 3.8) is 0 Å². The molecule has 0 aliphatic heterocycles. The van der Waals surface area contributed by atoms with Crippen LogP contribution in [0.25, 0.3) is 0 Å². The van der Waals surface area contributed by atoms with Crippen LogP contribution in [0.1, 0.15) is 0 Å². The smallest absolute Gasteiger partial charge is 0.759 e. The molecule has 0 rings (SSSR count). The summed E-state index contributed by atoms with van der Waals surface area (Å²) in [6, 6.07) is 0. The van der Waals surface area contributed by atoms with Crippen molar-refractivity contribution < 1.29 is 35.0 Å². The molecule has 8 N–H and O–H groups in total. The van der Waals surface area contributed by atoms with E-state index in [4.69, 9.17) is 35.0 Å². The summed E-state index contributed by atoms with van der Waals surface area (Å²) in [5.41, 5.74) is 0. The average molecular weight is 268 g/mol. The molecule has 13 heavy (non-hydrogen) atoms. The molecular weight excluding hydrogens is 260 g/mol. The first kappa shape index (κ1) is 29.2. The van der Waals surface area contributed by atoms with Crippen molar-refractivity contribution in [1.82, 2.24) is 12.3 Å². The minimum atomic E-state index is -5.17. The van der Waals surface area contributed by atoms with E-state index in [-0.39, 0.29) is 50.0 Å². The van der Waals surface area contributed by atoms with Gasteiger partial charge in [0.25, 0.3) is 0 Å². The summed E-state index contributed by atoms with van der Waals surface area (Å²) in [6.07, 6.45) is 0. The molecule has 0 saturated heterocycles. The summed E-state index contributed by atoms with van der Waals surface area (Å²) in [5.74, 6) is 0. The van der Waals surface area contributed by atoms with E-state index >= 15 is 0 Å². The van der Waals surface area contributed by atoms with E-state index in [2.05, 4.69) is 0 Å². The van der Waals surface area contributed by atoms with E-state index in [1.807, 2.05) is 0 Å². The quantitative estimate of drug-likeness (QED) is 0.213. The fraction of sp³-hybridized carbons (Fsp3) is 0. The van der Waals surface area contributed by atoms with E-state index < -0.39 is 20.8 Å². The van der Waals surface area contributed by atoms with E-state index in [0.717, 1.165) is 0 Å². The van der Waals surface area contributed by atoms with Gasteiger partial charge in [-0.15, -0.1) is 0 Å². The second kappa shape index (κ2) is 11.0. The Labute approximate surface area is 105 Å². The van der Waals surface area contributed by atoms with Crippen LogP contribution in [-0.4, -0.2) is 72.8 Å².